The van der Waals surface area contributed by atoms with E-state index in [1.165, 1.54) is 17.7 Å². The molecule has 0 N–H and O–H groups in total. The molecule has 20 heavy (non-hydrogen) atoms. The van der Waals surface area contributed by atoms with Crippen LogP contribution in [-0.4, -0.2) is 11.5 Å². The first-order valence-electron chi connectivity index (χ1n) is 6.28. The molecule has 0 saturated carbocycles. The van der Waals surface area contributed by atoms with Gasteiger partial charge in [-0.2, -0.15) is 0 Å². The Morgan fingerprint density at radius 1 is 1.20 bits per heavy atom. The molecule has 0 amide bonds. The number of ether oxygens (including phenoxy) is 1. The molecule has 0 spiro atoms. The van der Waals surface area contributed by atoms with Crippen LogP contribution in [0.5, 0.6) is 5.75 Å². The highest BCUT2D eigenvalue weighted by Crippen LogP contribution is 2.25. The molecule has 0 aliphatic heterocycles. The van der Waals surface area contributed by atoms with E-state index in [1.807, 2.05) is 30.3 Å². The van der Waals surface area contributed by atoms with Gasteiger partial charge in [-0.25, -0.2) is 0 Å². The Morgan fingerprint density at radius 2 is 1.95 bits per heavy atom. The molecule has 0 unspecified atom stereocenters. The summed E-state index contributed by atoms with van der Waals surface area (Å²) in [6.07, 6.45) is 2.23. The van der Waals surface area contributed by atoms with Gasteiger partial charge in [-0.05, 0) is 17.7 Å². The number of hydrogen-bond donors (Lipinski definition) is 0. The van der Waals surface area contributed by atoms with Crippen LogP contribution >= 0.6 is 0 Å². The predicted molar refractivity (Wildman–Crippen MR) is 78.8 cm³/mol. The lowest BCUT2D eigenvalue weighted by atomic mass is 10.1. The van der Waals surface area contributed by atoms with Gasteiger partial charge in [-0.1, -0.05) is 43.0 Å². The zero-order chi connectivity index (χ0) is 14.4. The van der Waals surface area contributed by atoms with E-state index in [4.69, 9.17) is 4.74 Å². The Hall–Kier alpha value is -2.62. The number of nitro benzene ring substituents is 1. The quantitative estimate of drug-likeness (QED) is 0.591. The molecular weight excluding hydrogens is 254 g/mol. The van der Waals surface area contributed by atoms with Crippen LogP contribution in [0.2, 0.25) is 0 Å². The van der Waals surface area contributed by atoms with E-state index in [2.05, 4.69) is 6.58 Å². The van der Waals surface area contributed by atoms with Gasteiger partial charge >= 0.3 is 0 Å². The van der Waals surface area contributed by atoms with Crippen LogP contribution in [0.4, 0.5) is 5.69 Å². The average molecular weight is 269 g/mol. The van der Waals surface area contributed by atoms with E-state index in [-0.39, 0.29) is 5.69 Å². The second-order valence-electron chi connectivity index (χ2n) is 4.27. The average Bonchev–Trinajstić information content (AvgIpc) is 2.48. The van der Waals surface area contributed by atoms with Gasteiger partial charge in [0.05, 0.1) is 23.2 Å². The summed E-state index contributed by atoms with van der Waals surface area (Å²) in [5, 5.41) is 10.9. The molecule has 0 aromatic heterocycles. The molecular formula is C16H15NO3. The molecule has 0 bridgehead atoms. The summed E-state index contributed by atoms with van der Waals surface area (Å²) in [6, 6.07) is 14.7. The summed E-state index contributed by atoms with van der Waals surface area (Å²) in [4.78, 5) is 10.5. The van der Waals surface area contributed by atoms with Gasteiger partial charge in [0.25, 0.3) is 5.69 Å². The molecule has 2 rings (SSSR count). The maximum absolute atomic E-state index is 10.9. The van der Waals surface area contributed by atoms with Crippen molar-refractivity contribution in [2.24, 2.45) is 0 Å². The van der Waals surface area contributed by atoms with Crippen molar-refractivity contribution in [2.45, 2.75) is 6.42 Å². The number of nitro groups is 1. The molecule has 0 radical (unpaired) electrons. The number of benzene rings is 2. The lowest BCUT2D eigenvalue weighted by Gasteiger charge is -2.07. The van der Waals surface area contributed by atoms with Gasteiger partial charge in [0.15, 0.2) is 0 Å². The SMILES string of the molecule is C=Cc1ccc(OCCc2ccccc2)cc1[N+](=O)[O-]. The van der Waals surface area contributed by atoms with Crippen molar-refractivity contribution in [3.63, 3.8) is 0 Å². The third-order valence-electron chi connectivity index (χ3n) is 2.92. The van der Waals surface area contributed by atoms with Gasteiger partial charge in [-0.15, -0.1) is 0 Å². The molecule has 102 valence electrons. The third kappa shape index (κ3) is 3.45. The second-order valence-corrected chi connectivity index (χ2v) is 4.27. The van der Waals surface area contributed by atoms with E-state index in [9.17, 15) is 10.1 Å². The minimum atomic E-state index is -0.429. The first-order chi connectivity index (χ1) is 9.70. The van der Waals surface area contributed by atoms with Gasteiger partial charge < -0.3 is 4.74 Å². The van der Waals surface area contributed by atoms with Crippen LogP contribution in [0.3, 0.4) is 0 Å². The number of nitrogens with zero attached hydrogens (tertiary/aromatic N) is 1. The maximum Gasteiger partial charge on any atom is 0.280 e. The van der Waals surface area contributed by atoms with Crippen LogP contribution in [0.1, 0.15) is 11.1 Å². The van der Waals surface area contributed by atoms with Crippen LogP contribution in [0.15, 0.2) is 55.1 Å². The van der Waals surface area contributed by atoms with Crippen LogP contribution in [0.25, 0.3) is 6.08 Å². The Balaban J connectivity index is 2.01. The fraction of sp³-hybridized carbons (Fsp3) is 0.125. The molecule has 2 aromatic carbocycles. The molecule has 0 fully saturated rings. The van der Waals surface area contributed by atoms with Crippen molar-refractivity contribution in [1.82, 2.24) is 0 Å². The highest BCUT2D eigenvalue weighted by Gasteiger charge is 2.12. The standard InChI is InChI=1S/C16H15NO3/c1-2-14-8-9-15(12-16(14)17(18)19)20-11-10-13-6-4-3-5-7-13/h2-9,12H,1,10-11H2. The summed E-state index contributed by atoms with van der Waals surface area (Å²) in [7, 11) is 0. The summed E-state index contributed by atoms with van der Waals surface area (Å²) < 4.78 is 5.56. The topological polar surface area (TPSA) is 52.4 Å². The van der Waals surface area contributed by atoms with Crippen molar-refractivity contribution < 1.29 is 9.66 Å². The smallest absolute Gasteiger partial charge is 0.280 e. The minimum Gasteiger partial charge on any atom is -0.493 e. The largest absolute Gasteiger partial charge is 0.493 e. The fourth-order valence-electron chi connectivity index (χ4n) is 1.88. The summed E-state index contributed by atoms with van der Waals surface area (Å²) >= 11 is 0. The monoisotopic (exact) mass is 269 g/mol. The molecule has 2 aromatic rings. The number of hydrogen-bond acceptors (Lipinski definition) is 3. The lowest BCUT2D eigenvalue weighted by molar-refractivity contribution is -0.385. The first kappa shape index (κ1) is 13.8. The van der Waals surface area contributed by atoms with E-state index in [0.717, 1.165) is 6.42 Å². The highest BCUT2D eigenvalue weighted by atomic mass is 16.6. The molecule has 0 heterocycles. The first-order valence-corrected chi connectivity index (χ1v) is 6.28. The van der Waals surface area contributed by atoms with Gasteiger partial charge in [0.2, 0.25) is 0 Å². The Morgan fingerprint density at radius 3 is 2.60 bits per heavy atom. The van der Waals surface area contributed by atoms with Crippen LogP contribution in [-0.2, 0) is 6.42 Å². The van der Waals surface area contributed by atoms with Gasteiger partial charge in [-0.3, -0.25) is 10.1 Å². The van der Waals surface area contributed by atoms with Gasteiger partial charge in [0, 0.05) is 6.42 Å². The zero-order valence-electron chi connectivity index (χ0n) is 11.0. The fourth-order valence-corrected chi connectivity index (χ4v) is 1.88. The summed E-state index contributed by atoms with van der Waals surface area (Å²) in [6.45, 7) is 4.04. The molecule has 0 aliphatic rings. The third-order valence-corrected chi connectivity index (χ3v) is 2.92. The molecule has 0 aliphatic carbocycles. The summed E-state index contributed by atoms with van der Waals surface area (Å²) in [5.41, 5.74) is 1.67. The Bertz CT molecular complexity index is 608. The Labute approximate surface area is 117 Å². The highest BCUT2D eigenvalue weighted by molar-refractivity contribution is 5.61. The normalized spacial score (nSPS) is 10.0. The number of rotatable bonds is 6. The van der Waals surface area contributed by atoms with Crippen molar-refractivity contribution in [2.75, 3.05) is 6.61 Å². The van der Waals surface area contributed by atoms with Crippen LogP contribution < -0.4 is 4.74 Å². The van der Waals surface area contributed by atoms with E-state index < -0.39 is 4.92 Å². The molecule has 4 nitrogen and oxygen atoms in total. The molecule has 0 atom stereocenters. The molecule has 0 saturated heterocycles. The van der Waals surface area contributed by atoms with Crippen LogP contribution in [0, 0.1) is 10.1 Å². The van der Waals surface area contributed by atoms with E-state index >= 15 is 0 Å². The molecule has 4 heteroatoms. The predicted octanol–water partition coefficient (Wildman–Crippen LogP) is 3.86. The Kier molecular flexibility index (Phi) is 4.50. The zero-order valence-corrected chi connectivity index (χ0v) is 11.0. The van der Waals surface area contributed by atoms with Crippen molar-refractivity contribution in [3.8, 4) is 5.75 Å². The summed E-state index contributed by atoms with van der Waals surface area (Å²) in [5.74, 6) is 0.498. The lowest BCUT2D eigenvalue weighted by Crippen LogP contribution is -2.02. The van der Waals surface area contributed by atoms with Crippen molar-refractivity contribution in [1.29, 1.82) is 0 Å². The minimum absolute atomic E-state index is 0.0113. The van der Waals surface area contributed by atoms with Gasteiger partial charge in [0.1, 0.15) is 5.75 Å². The van der Waals surface area contributed by atoms with E-state index in [1.54, 1.807) is 12.1 Å². The van der Waals surface area contributed by atoms with E-state index in [0.29, 0.717) is 17.9 Å². The second kappa shape index (κ2) is 6.52. The maximum atomic E-state index is 10.9. The van der Waals surface area contributed by atoms with Crippen molar-refractivity contribution >= 4 is 11.8 Å². The van der Waals surface area contributed by atoms with Crippen molar-refractivity contribution in [3.05, 3.63) is 76.4 Å².